The minimum absolute atomic E-state index is 0.212. The third kappa shape index (κ3) is 4.17. The van der Waals surface area contributed by atoms with Gasteiger partial charge in [-0.2, -0.15) is 0 Å². The van der Waals surface area contributed by atoms with Crippen LogP contribution in [0.25, 0.3) is 0 Å². The van der Waals surface area contributed by atoms with Crippen molar-refractivity contribution in [2.24, 2.45) is 5.92 Å². The number of carbonyl (C=O) groups is 1. The first kappa shape index (κ1) is 14.8. The molecule has 1 aromatic heterocycles. The molecule has 2 aromatic rings. The van der Waals surface area contributed by atoms with Crippen molar-refractivity contribution in [2.45, 2.75) is 19.3 Å². The van der Waals surface area contributed by atoms with Crippen LogP contribution < -0.4 is 15.4 Å². The smallest absolute Gasteiger partial charge is 0.321 e. The van der Waals surface area contributed by atoms with E-state index in [4.69, 9.17) is 4.74 Å². The van der Waals surface area contributed by atoms with Gasteiger partial charge in [-0.25, -0.2) is 4.79 Å². The molecule has 0 atom stereocenters. The quantitative estimate of drug-likeness (QED) is 0.858. The Bertz CT molecular complexity index is 654. The summed E-state index contributed by atoms with van der Waals surface area (Å²) in [4.78, 5) is 11.7. The van der Waals surface area contributed by atoms with Crippen LogP contribution >= 0.6 is 11.3 Å². The Morgan fingerprint density at radius 2 is 2.27 bits per heavy atom. The van der Waals surface area contributed by atoms with E-state index in [0.29, 0.717) is 17.5 Å². The lowest BCUT2D eigenvalue weighted by Gasteiger charge is -2.03. The maximum Gasteiger partial charge on any atom is 0.321 e. The summed E-state index contributed by atoms with van der Waals surface area (Å²) in [5, 5.41) is 15.1. The van der Waals surface area contributed by atoms with Crippen LogP contribution in [0.15, 0.2) is 24.3 Å². The molecule has 1 aliphatic carbocycles. The largest absolute Gasteiger partial charge is 0.497 e. The number of urea groups is 1. The van der Waals surface area contributed by atoms with Crippen molar-refractivity contribution < 1.29 is 9.53 Å². The number of nitrogens with one attached hydrogen (secondary N) is 2. The van der Waals surface area contributed by atoms with Crippen molar-refractivity contribution in [2.75, 3.05) is 19.0 Å². The second-order valence-electron chi connectivity index (χ2n) is 5.31. The fourth-order valence-electron chi connectivity index (χ4n) is 2.03. The molecule has 116 valence electrons. The van der Waals surface area contributed by atoms with E-state index in [1.165, 1.54) is 24.2 Å². The van der Waals surface area contributed by atoms with E-state index in [1.807, 2.05) is 24.3 Å². The number of carbonyl (C=O) groups excluding carboxylic acids is 1. The zero-order valence-electron chi connectivity index (χ0n) is 12.3. The van der Waals surface area contributed by atoms with Crippen LogP contribution in [0.1, 0.15) is 23.4 Å². The molecule has 1 saturated carbocycles. The van der Waals surface area contributed by atoms with Gasteiger partial charge >= 0.3 is 6.03 Å². The second-order valence-corrected chi connectivity index (χ2v) is 6.37. The van der Waals surface area contributed by atoms with Gasteiger partial charge in [-0.15, -0.1) is 10.2 Å². The third-order valence-corrected chi connectivity index (χ3v) is 4.26. The second kappa shape index (κ2) is 6.74. The first-order chi connectivity index (χ1) is 10.7. The Morgan fingerprint density at radius 1 is 1.41 bits per heavy atom. The highest BCUT2D eigenvalue weighted by atomic mass is 32.1. The molecule has 0 saturated heterocycles. The van der Waals surface area contributed by atoms with Gasteiger partial charge in [0.05, 0.1) is 7.11 Å². The van der Waals surface area contributed by atoms with E-state index in [9.17, 15) is 4.79 Å². The van der Waals surface area contributed by atoms with Crippen molar-refractivity contribution in [1.29, 1.82) is 0 Å². The van der Waals surface area contributed by atoms with Crippen molar-refractivity contribution in [3.63, 3.8) is 0 Å². The molecule has 7 heteroatoms. The number of hydrogen-bond donors (Lipinski definition) is 2. The first-order valence-electron chi connectivity index (χ1n) is 7.23. The molecule has 0 bridgehead atoms. The number of anilines is 1. The number of amides is 2. The molecule has 1 aliphatic rings. The first-order valence-corrected chi connectivity index (χ1v) is 8.05. The molecule has 0 unspecified atom stereocenters. The Hall–Kier alpha value is -2.15. The number of methoxy groups -OCH3 is 1. The summed E-state index contributed by atoms with van der Waals surface area (Å²) in [6.07, 6.45) is 3.09. The average molecular weight is 318 g/mol. The van der Waals surface area contributed by atoms with Gasteiger partial charge in [0.2, 0.25) is 5.13 Å². The van der Waals surface area contributed by atoms with E-state index in [2.05, 4.69) is 20.8 Å². The molecule has 2 amide bonds. The molecule has 3 rings (SSSR count). The lowest BCUT2D eigenvalue weighted by molar-refractivity contribution is 0.251. The molecule has 2 N–H and O–H groups in total. The summed E-state index contributed by atoms with van der Waals surface area (Å²) in [7, 11) is 1.65. The van der Waals surface area contributed by atoms with Crippen molar-refractivity contribution in [1.82, 2.24) is 15.5 Å². The molecular formula is C15H18N4O2S. The predicted molar refractivity (Wildman–Crippen MR) is 85.5 cm³/mol. The van der Waals surface area contributed by atoms with Gasteiger partial charge in [0, 0.05) is 13.0 Å². The number of ether oxygens (including phenoxy) is 1. The van der Waals surface area contributed by atoms with Crippen molar-refractivity contribution in [3.05, 3.63) is 34.8 Å². The lowest BCUT2D eigenvalue weighted by Crippen LogP contribution is -2.30. The van der Waals surface area contributed by atoms with Crippen LogP contribution in [0.5, 0.6) is 5.75 Å². The van der Waals surface area contributed by atoms with Crippen LogP contribution in [0.2, 0.25) is 0 Å². The monoisotopic (exact) mass is 318 g/mol. The van der Waals surface area contributed by atoms with Crippen LogP contribution in [0.4, 0.5) is 9.93 Å². The zero-order valence-corrected chi connectivity index (χ0v) is 13.2. The predicted octanol–water partition coefficient (Wildman–Crippen LogP) is 2.67. The summed E-state index contributed by atoms with van der Waals surface area (Å²) >= 11 is 1.38. The number of benzene rings is 1. The molecule has 1 fully saturated rings. The third-order valence-electron chi connectivity index (χ3n) is 3.43. The van der Waals surface area contributed by atoms with Crippen molar-refractivity contribution in [3.8, 4) is 5.75 Å². The van der Waals surface area contributed by atoms with Crippen LogP contribution in [-0.4, -0.2) is 29.9 Å². The molecule has 22 heavy (non-hydrogen) atoms. The summed E-state index contributed by atoms with van der Waals surface area (Å²) < 4.78 is 5.20. The van der Waals surface area contributed by atoms with Gasteiger partial charge in [-0.05, 0) is 36.5 Å². The van der Waals surface area contributed by atoms with Gasteiger partial charge in [-0.1, -0.05) is 23.5 Å². The Kier molecular flexibility index (Phi) is 4.53. The average Bonchev–Trinajstić information content (AvgIpc) is 3.26. The summed E-state index contributed by atoms with van der Waals surface area (Å²) in [6, 6.07) is 7.62. The SMILES string of the molecule is COc1cccc(Cc2nnc(NC(=O)NCC3CC3)s2)c1. The highest BCUT2D eigenvalue weighted by molar-refractivity contribution is 7.15. The van der Waals surface area contributed by atoms with Crippen LogP contribution in [-0.2, 0) is 6.42 Å². The molecule has 1 heterocycles. The zero-order chi connectivity index (χ0) is 15.4. The van der Waals surface area contributed by atoms with Crippen LogP contribution in [0.3, 0.4) is 0 Å². The number of hydrogen-bond acceptors (Lipinski definition) is 5. The maximum absolute atomic E-state index is 11.7. The van der Waals surface area contributed by atoms with E-state index in [1.54, 1.807) is 7.11 Å². The minimum Gasteiger partial charge on any atom is -0.497 e. The normalized spacial score (nSPS) is 13.7. The summed E-state index contributed by atoms with van der Waals surface area (Å²) in [5.41, 5.74) is 1.10. The van der Waals surface area contributed by atoms with Crippen LogP contribution in [0, 0.1) is 5.92 Å². The van der Waals surface area contributed by atoms with E-state index in [0.717, 1.165) is 22.9 Å². The number of rotatable bonds is 6. The van der Waals surface area contributed by atoms with Gasteiger partial charge in [0.1, 0.15) is 10.8 Å². The standard InChI is InChI=1S/C15H18N4O2S/c1-21-12-4-2-3-11(7-12)8-13-18-19-15(22-13)17-14(20)16-9-10-5-6-10/h2-4,7,10H,5-6,8-9H2,1H3,(H2,16,17,19,20). The Morgan fingerprint density at radius 3 is 3.05 bits per heavy atom. The fourth-order valence-corrected chi connectivity index (χ4v) is 2.80. The molecule has 0 spiro atoms. The summed E-state index contributed by atoms with van der Waals surface area (Å²) in [6.45, 7) is 0.737. The van der Waals surface area contributed by atoms with E-state index >= 15 is 0 Å². The van der Waals surface area contributed by atoms with Gasteiger partial charge in [0.15, 0.2) is 0 Å². The Labute approximate surface area is 132 Å². The fraction of sp³-hybridized carbons (Fsp3) is 0.400. The lowest BCUT2D eigenvalue weighted by atomic mass is 10.1. The topological polar surface area (TPSA) is 76.1 Å². The van der Waals surface area contributed by atoms with Gasteiger partial charge in [-0.3, -0.25) is 5.32 Å². The number of aromatic nitrogens is 2. The number of nitrogens with zero attached hydrogens (tertiary/aromatic N) is 2. The van der Waals surface area contributed by atoms with Gasteiger partial charge < -0.3 is 10.1 Å². The molecule has 1 aromatic carbocycles. The maximum atomic E-state index is 11.7. The highest BCUT2D eigenvalue weighted by Gasteiger charge is 2.21. The summed E-state index contributed by atoms with van der Waals surface area (Å²) in [5.74, 6) is 1.48. The molecule has 0 aliphatic heterocycles. The molecule has 0 radical (unpaired) electrons. The molecular weight excluding hydrogens is 300 g/mol. The Balaban J connectivity index is 1.54. The van der Waals surface area contributed by atoms with E-state index < -0.39 is 0 Å². The van der Waals surface area contributed by atoms with Crippen molar-refractivity contribution >= 4 is 22.5 Å². The highest BCUT2D eigenvalue weighted by Crippen LogP contribution is 2.27. The van der Waals surface area contributed by atoms with E-state index in [-0.39, 0.29) is 6.03 Å². The van der Waals surface area contributed by atoms with Gasteiger partial charge in [0.25, 0.3) is 0 Å². The minimum atomic E-state index is -0.212. The molecule has 6 nitrogen and oxygen atoms in total.